The summed E-state index contributed by atoms with van der Waals surface area (Å²) in [6.45, 7) is 3.04. The lowest BCUT2D eigenvalue weighted by molar-refractivity contribution is 0.375. The molecule has 0 spiro atoms. The lowest BCUT2D eigenvalue weighted by Crippen LogP contribution is -2.25. The number of ether oxygens (including phenoxy) is 1. The minimum Gasteiger partial charge on any atom is -0.496 e. The standard InChI is InChI=1S/C16H21BrFNO/c1-3-19-16(15-9-5-4-6-10(9)15)11-7-12(17)13(18)8-14(11)20-2/h7-10,15-16,19H,3-6H2,1-2H3. The van der Waals surface area contributed by atoms with Crippen LogP contribution in [0.25, 0.3) is 0 Å². The Bertz CT molecular complexity index is 497. The fourth-order valence-electron chi connectivity index (χ4n) is 4.01. The normalized spacial score (nSPS) is 29.1. The second-order valence-electron chi connectivity index (χ2n) is 5.88. The zero-order valence-corrected chi connectivity index (χ0v) is 13.5. The largest absolute Gasteiger partial charge is 0.496 e. The number of halogens is 2. The van der Waals surface area contributed by atoms with E-state index in [0.717, 1.165) is 23.9 Å². The molecule has 3 unspecified atom stereocenters. The molecule has 1 N–H and O–H groups in total. The molecular formula is C16H21BrFNO. The summed E-state index contributed by atoms with van der Waals surface area (Å²) in [7, 11) is 1.61. The molecule has 0 aromatic heterocycles. The second kappa shape index (κ2) is 5.64. The van der Waals surface area contributed by atoms with E-state index >= 15 is 0 Å². The van der Waals surface area contributed by atoms with E-state index in [1.807, 2.05) is 6.07 Å². The average Bonchev–Trinajstić information content (AvgIpc) is 2.90. The zero-order valence-electron chi connectivity index (χ0n) is 12.0. The van der Waals surface area contributed by atoms with Gasteiger partial charge in [-0.2, -0.15) is 0 Å². The van der Waals surface area contributed by atoms with Gasteiger partial charge in [-0.25, -0.2) is 4.39 Å². The topological polar surface area (TPSA) is 21.3 Å². The number of nitrogens with one attached hydrogen (secondary N) is 1. The lowest BCUT2D eigenvalue weighted by atomic mass is 9.96. The van der Waals surface area contributed by atoms with E-state index in [1.54, 1.807) is 7.11 Å². The van der Waals surface area contributed by atoms with Crippen molar-refractivity contribution >= 4 is 15.9 Å². The maximum Gasteiger partial charge on any atom is 0.141 e. The smallest absolute Gasteiger partial charge is 0.141 e. The number of fused-ring (bicyclic) bond motifs is 1. The van der Waals surface area contributed by atoms with E-state index in [-0.39, 0.29) is 11.9 Å². The van der Waals surface area contributed by atoms with Gasteiger partial charge in [-0.1, -0.05) is 13.3 Å². The summed E-state index contributed by atoms with van der Waals surface area (Å²) in [6.07, 6.45) is 4.07. The van der Waals surface area contributed by atoms with E-state index in [1.165, 1.54) is 25.3 Å². The van der Waals surface area contributed by atoms with Crippen molar-refractivity contribution in [3.8, 4) is 5.75 Å². The quantitative estimate of drug-likeness (QED) is 0.862. The maximum atomic E-state index is 13.7. The van der Waals surface area contributed by atoms with Crippen LogP contribution in [0.1, 0.15) is 37.8 Å². The second-order valence-corrected chi connectivity index (χ2v) is 6.73. The minimum absolute atomic E-state index is 0.267. The van der Waals surface area contributed by atoms with Crippen LogP contribution < -0.4 is 10.1 Å². The number of rotatable bonds is 5. The molecule has 2 nitrogen and oxygen atoms in total. The predicted molar refractivity (Wildman–Crippen MR) is 81.4 cm³/mol. The molecule has 3 rings (SSSR count). The van der Waals surface area contributed by atoms with Crippen LogP contribution in [-0.2, 0) is 0 Å². The Labute approximate surface area is 128 Å². The van der Waals surface area contributed by atoms with Crippen LogP contribution in [-0.4, -0.2) is 13.7 Å². The van der Waals surface area contributed by atoms with Gasteiger partial charge in [0.15, 0.2) is 0 Å². The average molecular weight is 342 g/mol. The number of benzene rings is 1. The molecule has 0 bridgehead atoms. The van der Waals surface area contributed by atoms with Crippen LogP contribution in [0.2, 0.25) is 0 Å². The Hall–Kier alpha value is -0.610. The molecule has 3 atom stereocenters. The Morgan fingerprint density at radius 3 is 2.70 bits per heavy atom. The summed E-state index contributed by atoms with van der Waals surface area (Å²) in [5.41, 5.74) is 1.09. The van der Waals surface area contributed by atoms with Gasteiger partial charge in [0.1, 0.15) is 11.6 Å². The molecule has 2 aliphatic rings. The molecule has 20 heavy (non-hydrogen) atoms. The molecule has 2 fully saturated rings. The Morgan fingerprint density at radius 1 is 1.40 bits per heavy atom. The Balaban J connectivity index is 1.93. The van der Waals surface area contributed by atoms with Gasteiger partial charge in [-0.15, -0.1) is 0 Å². The summed E-state index contributed by atoms with van der Waals surface area (Å²) in [4.78, 5) is 0. The molecule has 0 saturated heterocycles. The van der Waals surface area contributed by atoms with Crippen LogP contribution in [0.15, 0.2) is 16.6 Å². The third-order valence-electron chi connectivity index (χ3n) is 4.89. The number of hydrogen-bond acceptors (Lipinski definition) is 2. The van der Waals surface area contributed by atoms with Gasteiger partial charge < -0.3 is 10.1 Å². The van der Waals surface area contributed by atoms with E-state index in [0.29, 0.717) is 16.1 Å². The van der Waals surface area contributed by atoms with Crippen LogP contribution >= 0.6 is 15.9 Å². The first-order chi connectivity index (χ1) is 9.67. The molecule has 110 valence electrons. The molecule has 0 amide bonds. The van der Waals surface area contributed by atoms with E-state index < -0.39 is 0 Å². The van der Waals surface area contributed by atoms with Gasteiger partial charge in [-0.3, -0.25) is 0 Å². The van der Waals surface area contributed by atoms with Gasteiger partial charge >= 0.3 is 0 Å². The highest BCUT2D eigenvalue weighted by Crippen LogP contribution is 2.62. The van der Waals surface area contributed by atoms with Crippen molar-refractivity contribution in [1.82, 2.24) is 5.32 Å². The maximum absolute atomic E-state index is 13.7. The summed E-state index contributed by atoms with van der Waals surface area (Å²) in [5, 5.41) is 3.59. The molecule has 2 saturated carbocycles. The number of methoxy groups -OCH3 is 1. The summed E-state index contributed by atoms with van der Waals surface area (Å²) in [5.74, 6) is 2.79. The third-order valence-corrected chi connectivity index (χ3v) is 5.50. The molecule has 4 heteroatoms. The molecule has 1 aromatic rings. The van der Waals surface area contributed by atoms with E-state index in [4.69, 9.17) is 4.74 Å². The molecule has 1 aromatic carbocycles. The molecule has 0 heterocycles. The first kappa shape index (κ1) is 14.3. The molecular weight excluding hydrogens is 321 g/mol. The fourth-order valence-corrected chi connectivity index (χ4v) is 4.37. The van der Waals surface area contributed by atoms with Gasteiger partial charge in [-0.05, 0) is 59.1 Å². The van der Waals surface area contributed by atoms with Gasteiger partial charge in [0.2, 0.25) is 0 Å². The highest BCUT2D eigenvalue weighted by molar-refractivity contribution is 9.10. The molecule has 0 radical (unpaired) electrons. The molecule has 0 aliphatic heterocycles. The first-order valence-electron chi connectivity index (χ1n) is 7.43. The van der Waals surface area contributed by atoms with Crippen molar-refractivity contribution < 1.29 is 9.13 Å². The van der Waals surface area contributed by atoms with Crippen molar-refractivity contribution in [3.63, 3.8) is 0 Å². The highest BCUT2D eigenvalue weighted by atomic mass is 79.9. The predicted octanol–water partition coefficient (Wildman–Crippen LogP) is 4.29. The van der Waals surface area contributed by atoms with Crippen LogP contribution in [0.3, 0.4) is 0 Å². The fraction of sp³-hybridized carbons (Fsp3) is 0.625. The van der Waals surface area contributed by atoms with Crippen molar-refractivity contribution in [1.29, 1.82) is 0 Å². The first-order valence-corrected chi connectivity index (χ1v) is 8.23. The lowest BCUT2D eigenvalue weighted by Gasteiger charge is -2.23. The van der Waals surface area contributed by atoms with Crippen LogP contribution in [0.5, 0.6) is 5.75 Å². The van der Waals surface area contributed by atoms with Crippen molar-refractivity contribution in [3.05, 3.63) is 28.0 Å². The Morgan fingerprint density at radius 2 is 2.10 bits per heavy atom. The summed E-state index contributed by atoms with van der Waals surface area (Å²) >= 11 is 3.30. The van der Waals surface area contributed by atoms with E-state index in [2.05, 4.69) is 28.2 Å². The van der Waals surface area contributed by atoms with E-state index in [9.17, 15) is 4.39 Å². The van der Waals surface area contributed by atoms with Crippen LogP contribution in [0.4, 0.5) is 4.39 Å². The summed E-state index contributed by atoms with van der Waals surface area (Å²) < 4.78 is 19.6. The highest BCUT2D eigenvalue weighted by Gasteiger charge is 2.56. The zero-order chi connectivity index (χ0) is 14.3. The third kappa shape index (κ3) is 2.37. The van der Waals surface area contributed by atoms with Crippen molar-refractivity contribution in [2.24, 2.45) is 17.8 Å². The SMILES string of the molecule is CCNC(c1cc(Br)c(F)cc1OC)C1C2CCCC21. The van der Waals surface area contributed by atoms with Crippen molar-refractivity contribution in [2.75, 3.05) is 13.7 Å². The van der Waals surface area contributed by atoms with Gasteiger partial charge in [0, 0.05) is 17.7 Å². The van der Waals surface area contributed by atoms with Gasteiger partial charge in [0.05, 0.1) is 11.6 Å². The Kier molecular flexibility index (Phi) is 4.04. The van der Waals surface area contributed by atoms with Crippen LogP contribution in [0, 0.1) is 23.6 Å². The minimum atomic E-state index is -0.267. The summed E-state index contributed by atoms with van der Waals surface area (Å²) in [6, 6.07) is 3.65. The van der Waals surface area contributed by atoms with Crippen molar-refractivity contribution in [2.45, 2.75) is 32.2 Å². The molecule has 2 aliphatic carbocycles. The van der Waals surface area contributed by atoms with Gasteiger partial charge in [0.25, 0.3) is 0 Å². The monoisotopic (exact) mass is 341 g/mol. The number of hydrogen-bond donors (Lipinski definition) is 1.